The van der Waals surface area contributed by atoms with E-state index in [1.165, 1.54) is 36.0 Å². The molecule has 132 valence electrons. The van der Waals surface area contributed by atoms with E-state index in [1.54, 1.807) is 0 Å². The van der Waals surface area contributed by atoms with Crippen LogP contribution in [0.2, 0.25) is 0 Å². The molecule has 0 spiro atoms. The van der Waals surface area contributed by atoms with Crippen LogP contribution in [0.5, 0.6) is 0 Å². The fourth-order valence-electron chi connectivity index (χ4n) is 2.25. The summed E-state index contributed by atoms with van der Waals surface area (Å²) in [5, 5.41) is 12.2. The number of rotatable bonds is 7. The van der Waals surface area contributed by atoms with Crippen LogP contribution in [-0.2, 0) is 9.59 Å². The van der Waals surface area contributed by atoms with Crippen molar-refractivity contribution in [3.05, 3.63) is 53.1 Å². The van der Waals surface area contributed by atoms with Gasteiger partial charge in [-0.25, -0.2) is 14.4 Å². The Morgan fingerprint density at radius 2 is 1.80 bits per heavy atom. The molecule has 25 heavy (non-hydrogen) atoms. The van der Waals surface area contributed by atoms with Crippen LogP contribution in [0.15, 0.2) is 35.5 Å². The van der Waals surface area contributed by atoms with Crippen molar-refractivity contribution >= 4 is 23.6 Å². The van der Waals surface area contributed by atoms with Crippen molar-refractivity contribution in [1.29, 1.82) is 0 Å². The second kappa shape index (κ2) is 8.57. The van der Waals surface area contributed by atoms with E-state index in [4.69, 9.17) is 5.11 Å². The van der Waals surface area contributed by atoms with Gasteiger partial charge in [0.15, 0.2) is 5.16 Å². The molecule has 0 saturated heterocycles. The Kier molecular flexibility index (Phi) is 6.46. The van der Waals surface area contributed by atoms with Gasteiger partial charge in [-0.3, -0.25) is 9.59 Å². The number of carbonyl (C=O) groups excluding carboxylic acids is 1. The van der Waals surface area contributed by atoms with E-state index in [0.29, 0.717) is 10.7 Å². The minimum Gasteiger partial charge on any atom is -0.481 e. The number of amides is 1. The van der Waals surface area contributed by atoms with Crippen molar-refractivity contribution in [3.8, 4) is 0 Å². The van der Waals surface area contributed by atoms with Crippen molar-refractivity contribution in [2.45, 2.75) is 31.5 Å². The third-order valence-corrected chi connectivity index (χ3v) is 4.13. The maximum absolute atomic E-state index is 13.0. The van der Waals surface area contributed by atoms with Crippen LogP contribution >= 0.6 is 11.8 Å². The first-order valence-corrected chi connectivity index (χ1v) is 8.54. The zero-order valence-corrected chi connectivity index (χ0v) is 14.6. The predicted octanol–water partition coefficient (Wildman–Crippen LogP) is 2.66. The Balaban J connectivity index is 2.01. The van der Waals surface area contributed by atoms with Gasteiger partial charge in [-0.2, -0.15) is 0 Å². The van der Waals surface area contributed by atoms with Crippen molar-refractivity contribution < 1.29 is 19.1 Å². The number of halogens is 1. The van der Waals surface area contributed by atoms with Gasteiger partial charge < -0.3 is 10.4 Å². The molecule has 0 fully saturated rings. The van der Waals surface area contributed by atoms with Gasteiger partial charge in [0.2, 0.25) is 5.91 Å². The standard InChI is InChI=1S/C17H18FN3O3S/c1-10-7-11(2)20-17(19-10)25-9-15(22)21-14(8-16(23)24)12-3-5-13(18)6-4-12/h3-7,14H,8-9H2,1-2H3,(H,21,22)(H,23,24). The summed E-state index contributed by atoms with van der Waals surface area (Å²) in [5.41, 5.74) is 2.15. The maximum atomic E-state index is 13.0. The molecule has 0 aliphatic heterocycles. The molecule has 2 rings (SSSR count). The zero-order valence-electron chi connectivity index (χ0n) is 13.8. The van der Waals surface area contributed by atoms with Crippen LogP contribution in [0.1, 0.15) is 29.4 Å². The molecule has 1 aromatic heterocycles. The number of aromatic nitrogens is 2. The molecule has 0 radical (unpaired) electrons. The van der Waals surface area contributed by atoms with Crippen molar-refractivity contribution in [1.82, 2.24) is 15.3 Å². The lowest BCUT2D eigenvalue weighted by Crippen LogP contribution is -2.31. The van der Waals surface area contributed by atoms with Crippen LogP contribution in [0.25, 0.3) is 0 Å². The van der Waals surface area contributed by atoms with Crippen LogP contribution in [0.4, 0.5) is 4.39 Å². The number of benzene rings is 1. The molecule has 1 amide bonds. The summed E-state index contributed by atoms with van der Waals surface area (Å²) >= 11 is 1.17. The molecular weight excluding hydrogens is 345 g/mol. The van der Waals surface area contributed by atoms with Gasteiger partial charge in [0.25, 0.3) is 0 Å². The van der Waals surface area contributed by atoms with Gasteiger partial charge in [0.05, 0.1) is 18.2 Å². The first-order chi connectivity index (χ1) is 11.8. The van der Waals surface area contributed by atoms with E-state index in [9.17, 15) is 14.0 Å². The summed E-state index contributed by atoms with van der Waals surface area (Å²) < 4.78 is 13.0. The molecule has 8 heteroatoms. The van der Waals surface area contributed by atoms with E-state index in [0.717, 1.165) is 11.4 Å². The van der Waals surface area contributed by atoms with Crippen molar-refractivity contribution in [2.75, 3.05) is 5.75 Å². The lowest BCUT2D eigenvalue weighted by Gasteiger charge is -2.17. The molecule has 1 heterocycles. The minimum atomic E-state index is -1.06. The van der Waals surface area contributed by atoms with Gasteiger partial charge in [-0.05, 0) is 37.6 Å². The molecule has 0 aliphatic rings. The number of carboxylic acid groups (broad SMARTS) is 1. The SMILES string of the molecule is Cc1cc(C)nc(SCC(=O)NC(CC(=O)O)c2ccc(F)cc2)n1. The first-order valence-electron chi connectivity index (χ1n) is 7.55. The zero-order chi connectivity index (χ0) is 18.4. The Morgan fingerprint density at radius 1 is 1.20 bits per heavy atom. The lowest BCUT2D eigenvalue weighted by atomic mass is 10.0. The summed E-state index contributed by atoms with van der Waals surface area (Å²) in [6, 6.07) is 6.49. The molecular formula is C17H18FN3O3S. The van der Waals surface area contributed by atoms with Gasteiger partial charge >= 0.3 is 5.97 Å². The summed E-state index contributed by atoms with van der Waals surface area (Å²) in [6.07, 6.45) is -0.290. The number of hydrogen-bond donors (Lipinski definition) is 2. The summed E-state index contributed by atoms with van der Waals surface area (Å²) in [6.45, 7) is 3.69. The molecule has 0 saturated carbocycles. The summed E-state index contributed by atoms with van der Waals surface area (Å²) in [4.78, 5) is 31.7. The number of thioether (sulfide) groups is 1. The third-order valence-electron chi connectivity index (χ3n) is 3.28. The molecule has 1 unspecified atom stereocenters. The number of carbonyl (C=O) groups is 2. The lowest BCUT2D eigenvalue weighted by molar-refractivity contribution is -0.137. The van der Waals surface area contributed by atoms with E-state index in [2.05, 4.69) is 15.3 Å². The van der Waals surface area contributed by atoms with Gasteiger partial charge in [0, 0.05) is 11.4 Å². The van der Waals surface area contributed by atoms with Crippen LogP contribution in [-0.4, -0.2) is 32.7 Å². The fraction of sp³-hybridized carbons (Fsp3) is 0.294. The molecule has 0 aliphatic carbocycles. The quantitative estimate of drug-likeness (QED) is 0.580. The van der Waals surface area contributed by atoms with Crippen LogP contribution in [0.3, 0.4) is 0 Å². The number of carboxylic acids is 1. The topological polar surface area (TPSA) is 92.2 Å². The van der Waals surface area contributed by atoms with Crippen molar-refractivity contribution in [3.63, 3.8) is 0 Å². The molecule has 1 atom stereocenters. The van der Waals surface area contributed by atoms with Crippen LogP contribution < -0.4 is 5.32 Å². The molecule has 1 aromatic carbocycles. The number of hydrogen-bond acceptors (Lipinski definition) is 5. The summed E-state index contributed by atoms with van der Waals surface area (Å²) in [5.74, 6) is -1.77. The average molecular weight is 363 g/mol. The first kappa shape index (κ1) is 18.9. The molecule has 0 bridgehead atoms. The van der Waals surface area contributed by atoms with Crippen molar-refractivity contribution in [2.24, 2.45) is 0 Å². The smallest absolute Gasteiger partial charge is 0.305 e. The monoisotopic (exact) mass is 363 g/mol. The van der Waals surface area contributed by atoms with Gasteiger partial charge in [-0.15, -0.1) is 0 Å². The van der Waals surface area contributed by atoms with E-state index < -0.39 is 17.8 Å². The van der Waals surface area contributed by atoms with Crippen LogP contribution in [0, 0.1) is 19.7 Å². The Bertz CT molecular complexity index is 748. The third kappa shape index (κ3) is 6.15. The van der Waals surface area contributed by atoms with E-state index in [-0.39, 0.29) is 18.1 Å². The Labute approximate surface area is 148 Å². The maximum Gasteiger partial charge on any atom is 0.305 e. The molecule has 6 nitrogen and oxygen atoms in total. The Hall–Kier alpha value is -2.48. The second-order valence-corrected chi connectivity index (χ2v) is 6.43. The minimum absolute atomic E-state index is 0.0558. The highest BCUT2D eigenvalue weighted by molar-refractivity contribution is 7.99. The fourth-order valence-corrected chi connectivity index (χ4v) is 3.01. The number of aryl methyl sites for hydroxylation is 2. The molecule has 2 aromatic rings. The van der Waals surface area contributed by atoms with Gasteiger partial charge in [0.1, 0.15) is 5.82 Å². The average Bonchev–Trinajstić information content (AvgIpc) is 2.52. The highest BCUT2D eigenvalue weighted by Gasteiger charge is 2.18. The van der Waals surface area contributed by atoms with E-state index in [1.807, 2.05) is 19.9 Å². The van der Waals surface area contributed by atoms with Gasteiger partial charge in [-0.1, -0.05) is 23.9 Å². The Morgan fingerprint density at radius 3 is 2.36 bits per heavy atom. The summed E-state index contributed by atoms with van der Waals surface area (Å²) in [7, 11) is 0. The number of aliphatic carboxylic acids is 1. The highest BCUT2D eigenvalue weighted by Crippen LogP contribution is 2.19. The number of nitrogens with one attached hydrogen (secondary N) is 1. The second-order valence-electron chi connectivity index (χ2n) is 5.49. The molecule has 2 N–H and O–H groups in total. The predicted molar refractivity (Wildman–Crippen MR) is 91.8 cm³/mol. The van der Waals surface area contributed by atoms with E-state index >= 15 is 0 Å². The highest BCUT2D eigenvalue weighted by atomic mass is 32.2. The number of nitrogens with zero attached hydrogens (tertiary/aromatic N) is 2. The largest absolute Gasteiger partial charge is 0.481 e. The normalized spacial score (nSPS) is 11.8.